The van der Waals surface area contributed by atoms with E-state index < -0.39 is 6.10 Å². The van der Waals surface area contributed by atoms with E-state index in [4.69, 9.17) is 17.0 Å². The molecule has 0 aliphatic rings. The van der Waals surface area contributed by atoms with Crippen molar-refractivity contribution in [3.63, 3.8) is 0 Å². The van der Waals surface area contributed by atoms with E-state index in [1.54, 1.807) is 6.92 Å². The van der Waals surface area contributed by atoms with Crippen LogP contribution in [0.4, 0.5) is 5.69 Å². The fourth-order valence-electron chi connectivity index (χ4n) is 2.18. The third-order valence-corrected chi connectivity index (χ3v) is 4.12. The van der Waals surface area contributed by atoms with Gasteiger partial charge in [0, 0.05) is 5.69 Å². The summed E-state index contributed by atoms with van der Waals surface area (Å²) in [5.74, 6) is 0.387. The van der Waals surface area contributed by atoms with Crippen molar-refractivity contribution in [1.29, 1.82) is 0 Å². The van der Waals surface area contributed by atoms with Crippen molar-refractivity contribution in [1.82, 2.24) is 10.9 Å². The summed E-state index contributed by atoms with van der Waals surface area (Å²) >= 11 is 5.19. The second-order valence-corrected chi connectivity index (χ2v) is 6.25. The van der Waals surface area contributed by atoms with Crippen molar-refractivity contribution in [3.05, 3.63) is 59.2 Å². The number of carbonyl (C=O) groups is 1. The summed E-state index contributed by atoms with van der Waals surface area (Å²) in [4.78, 5) is 12.2. The molecule has 0 saturated carbocycles. The van der Waals surface area contributed by atoms with Gasteiger partial charge < -0.3 is 10.1 Å². The number of aryl methyl sites for hydroxylation is 2. The van der Waals surface area contributed by atoms with Crippen LogP contribution in [-0.4, -0.2) is 17.1 Å². The van der Waals surface area contributed by atoms with Crippen molar-refractivity contribution in [3.8, 4) is 5.75 Å². The van der Waals surface area contributed by atoms with E-state index in [1.807, 2.05) is 63.2 Å². The van der Waals surface area contributed by atoms with E-state index >= 15 is 0 Å². The highest BCUT2D eigenvalue weighted by molar-refractivity contribution is 7.80. The van der Waals surface area contributed by atoms with Crippen LogP contribution in [0.3, 0.4) is 0 Å². The van der Waals surface area contributed by atoms with Gasteiger partial charge in [0.2, 0.25) is 0 Å². The molecule has 2 aromatic rings. The van der Waals surface area contributed by atoms with Crippen LogP contribution in [0.1, 0.15) is 23.6 Å². The molecule has 25 heavy (non-hydrogen) atoms. The molecule has 2 rings (SSSR count). The molecule has 132 valence electrons. The van der Waals surface area contributed by atoms with Gasteiger partial charge in [0.05, 0.1) is 0 Å². The molecule has 0 saturated heterocycles. The molecule has 0 aliphatic heterocycles. The average Bonchev–Trinajstić information content (AvgIpc) is 2.58. The molecule has 0 heterocycles. The summed E-state index contributed by atoms with van der Waals surface area (Å²) in [6.07, 6.45) is -0.658. The topological polar surface area (TPSA) is 62.4 Å². The molecule has 0 spiro atoms. The van der Waals surface area contributed by atoms with Crippen molar-refractivity contribution in [2.75, 3.05) is 5.32 Å². The highest BCUT2D eigenvalue weighted by Crippen LogP contribution is 2.21. The largest absolute Gasteiger partial charge is 0.481 e. The van der Waals surface area contributed by atoms with E-state index in [1.165, 1.54) is 0 Å². The Morgan fingerprint density at radius 2 is 1.68 bits per heavy atom. The van der Waals surface area contributed by atoms with Gasteiger partial charge in [-0.25, -0.2) is 0 Å². The zero-order valence-electron chi connectivity index (χ0n) is 14.8. The maximum atomic E-state index is 12.2. The van der Waals surface area contributed by atoms with Gasteiger partial charge in [0.15, 0.2) is 11.2 Å². The highest BCUT2D eigenvalue weighted by Gasteiger charge is 2.16. The van der Waals surface area contributed by atoms with Crippen molar-refractivity contribution < 1.29 is 9.53 Å². The van der Waals surface area contributed by atoms with Crippen molar-refractivity contribution >= 4 is 28.9 Å². The summed E-state index contributed by atoms with van der Waals surface area (Å²) in [5.41, 5.74) is 9.33. The van der Waals surface area contributed by atoms with Crippen LogP contribution in [-0.2, 0) is 4.79 Å². The number of hydrazine groups is 1. The Bertz CT molecular complexity index is 777. The van der Waals surface area contributed by atoms with E-state index in [0.717, 1.165) is 22.4 Å². The lowest BCUT2D eigenvalue weighted by Crippen LogP contribution is -2.48. The van der Waals surface area contributed by atoms with Crippen LogP contribution in [0.25, 0.3) is 0 Å². The number of rotatable bonds is 4. The van der Waals surface area contributed by atoms with Gasteiger partial charge in [-0.1, -0.05) is 30.3 Å². The fourth-order valence-corrected chi connectivity index (χ4v) is 2.34. The van der Waals surface area contributed by atoms with Crippen LogP contribution in [0.15, 0.2) is 42.5 Å². The molecule has 3 N–H and O–H groups in total. The Labute approximate surface area is 153 Å². The lowest BCUT2D eigenvalue weighted by molar-refractivity contribution is -0.127. The number of hydrogen-bond acceptors (Lipinski definition) is 3. The molecule has 0 aromatic heterocycles. The Kier molecular flexibility index (Phi) is 6.36. The molecule has 1 atom stereocenters. The molecular formula is C19H23N3O2S. The average molecular weight is 357 g/mol. The third kappa shape index (κ3) is 5.19. The number of anilines is 1. The first kappa shape index (κ1) is 18.7. The lowest BCUT2D eigenvalue weighted by atomic mass is 10.1. The molecule has 1 amide bonds. The minimum atomic E-state index is -0.658. The normalized spacial score (nSPS) is 11.4. The first-order chi connectivity index (χ1) is 11.9. The smallest absolute Gasteiger partial charge is 0.279 e. The quantitative estimate of drug-likeness (QED) is 0.578. The number of ether oxygens (including phenoxy) is 1. The maximum absolute atomic E-state index is 12.2. The molecule has 0 unspecified atom stereocenters. The van der Waals surface area contributed by atoms with Crippen molar-refractivity contribution in [2.24, 2.45) is 0 Å². The predicted molar refractivity (Wildman–Crippen MR) is 105 cm³/mol. The number of carbonyl (C=O) groups excluding carboxylic acids is 1. The second kappa shape index (κ2) is 8.48. The molecule has 0 radical (unpaired) electrons. The summed E-state index contributed by atoms with van der Waals surface area (Å²) in [7, 11) is 0. The van der Waals surface area contributed by atoms with Gasteiger partial charge in [0.1, 0.15) is 5.75 Å². The first-order valence-electron chi connectivity index (χ1n) is 8.04. The van der Waals surface area contributed by atoms with Gasteiger partial charge in [-0.15, -0.1) is 0 Å². The van der Waals surface area contributed by atoms with E-state index in [0.29, 0.717) is 10.9 Å². The Morgan fingerprint density at radius 1 is 1.00 bits per heavy atom. The number of amides is 1. The fraction of sp³-hybridized carbons (Fsp3) is 0.263. The zero-order chi connectivity index (χ0) is 18.4. The molecule has 0 aliphatic carbocycles. The third-order valence-electron chi connectivity index (χ3n) is 3.92. The van der Waals surface area contributed by atoms with Crippen LogP contribution < -0.4 is 20.9 Å². The minimum Gasteiger partial charge on any atom is -0.481 e. The van der Waals surface area contributed by atoms with Crippen molar-refractivity contribution in [2.45, 2.75) is 33.8 Å². The molecule has 6 heteroatoms. The van der Waals surface area contributed by atoms with Crippen LogP contribution >= 0.6 is 12.2 Å². The van der Waals surface area contributed by atoms with Crippen LogP contribution in [0.5, 0.6) is 5.75 Å². The van der Waals surface area contributed by atoms with Crippen LogP contribution in [0.2, 0.25) is 0 Å². The summed E-state index contributed by atoms with van der Waals surface area (Å²) in [6.45, 7) is 7.64. The number of thiocarbonyl (C=S) groups is 1. The lowest BCUT2D eigenvalue weighted by Gasteiger charge is -2.18. The molecular weight excluding hydrogens is 334 g/mol. The Hall–Kier alpha value is -2.60. The second-order valence-electron chi connectivity index (χ2n) is 5.84. The number of hydrogen-bond donors (Lipinski definition) is 3. The highest BCUT2D eigenvalue weighted by atomic mass is 32.1. The molecule has 0 fully saturated rings. The van der Waals surface area contributed by atoms with Gasteiger partial charge in [-0.2, -0.15) is 0 Å². The first-order valence-corrected chi connectivity index (χ1v) is 8.44. The molecule has 5 nitrogen and oxygen atoms in total. The van der Waals surface area contributed by atoms with E-state index in [9.17, 15) is 4.79 Å². The van der Waals surface area contributed by atoms with Gasteiger partial charge >= 0.3 is 0 Å². The van der Waals surface area contributed by atoms with E-state index in [2.05, 4.69) is 16.2 Å². The monoisotopic (exact) mass is 357 g/mol. The summed E-state index contributed by atoms with van der Waals surface area (Å²) in [5, 5.41) is 3.34. The van der Waals surface area contributed by atoms with Gasteiger partial charge in [0.25, 0.3) is 5.91 Å². The summed E-state index contributed by atoms with van der Waals surface area (Å²) < 4.78 is 5.74. The maximum Gasteiger partial charge on any atom is 0.279 e. The molecule has 2 aromatic carbocycles. The number of benzene rings is 2. The Balaban J connectivity index is 1.86. The van der Waals surface area contributed by atoms with E-state index in [-0.39, 0.29) is 5.91 Å². The Morgan fingerprint density at radius 3 is 2.40 bits per heavy atom. The standard InChI is InChI=1S/C19H23N3O2S/c1-12-9-7-11-17(14(12)3)24-15(4)18(23)21-22-19(25)20-16-10-6-5-8-13(16)2/h5-11,15H,1-4H3,(H,21,23)(H2,20,22,25)/t15-/m0/s1. The SMILES string of the molecule is Cc1ccccc1NC(=S)NNC(=O)[C@H](C)Oc1cccc(C)c1C. The minimum absolute atomic E-state index is 0.307. The molecule has 0 bridgehead atoms. The number of nitrogens with one attached hydrogen (secondary N) is 3. The summed E-state index contributed by atoms with van der Waals surface area (Å²) in [6, 6.07) is 13.5. The zero-order valence-corrected chi connectivity index (χ0v) is 15.7. The van der Waals surface area contributed by atoms with Gasteiger partial charge in [-0.3, -0.25) is 15.6 Å². The predicted octanol–water partition coefficient (Wildman–Crippen LogP) is 3.40. The number of para-hydroxylation sites is 1. The van der Waals surface area contributed by atoms with Crippen LogP contribution in [0, 0.1) is 20.8 Å². The van der Waals surface area contributed by atoms with Gasteiger partial charge in [-0.05, 0) is 68.7 Å².